The molecule has 0 aromatic carbocycles. The van der Waals surface area contributed by atoms with Gasteiger partial charge in [0.05, 0.1) is 24.7 Å². The summed E-state index contributed by atoms with van der Waals surface area (Å²) in [6, 6.07) is 1.95. The molecule has 5 heteroatoms. The number of ether oxygens (including phenoxy) is 2. The van der Waals surface area contributed by atoms with Crippen LogP contribution >= 0.6 is 0 Å². The number of carbonyl (C=O) groups excluding carboxylic acids is 2. The third kappa shape index (κ3) is 2.63. The molecular formula is C21H28O5. The number of esters is 1. The molecule has 1 aromatic heterocycles. The van der Waals surface area contributed by atoms with Crippen molar-refractivity contribution in [2.45, 2.75) is 71.2 Å². The lowest BCUT2D eigenvalue weighted by Crippen LogP contribution is -2.60. The fourth-order valence-electron chi connectivity index (χ4n) is 6.02. The molecule has 0 N–H and O–H groups in total. The average molecular weight is 360 g/mol. The van der Waals surface area contributed by atoms with Gasteiger partial charge in [0, 0.05) is 23.7 Å². The van der Waals surface area contributed by atoms with E-state index in [1.54, 1.807) is 12.5 Å². The lowest BCUT2D eigenvalue weighted by atomic mass is 9.46. The van der Waals surface area contributed by atoms with Crippen molar-refractivity contribution in [3.63, 3.8) is 0 Å². The van der Waals surface area contributed by atoms with Crippen LogP contribution in [0.25, 0.3) is 0 Å². The Morgan fingerprint density at radius 2 is 2.23 bits per heavy atom. The number of hydrogen-bond donors (Lipinski definition) is 0. The van der Waals surface area contributed by atoms with E-state index in [2.05, 4.69) is 13.8 Å². The van der Waals surface area contributed by atoms with Gasteiger partial charge in [-0.15, -0.1) is 0 Å². The van der Waals surface area contributed by atoms with Gasteiger partial charge in [-0.2, -0.15) is 0 Å². The third-order valence-electron chi connectivity index (χ3n) is 7.43. The van der Waals surface area contributed by atoms with E-state index in [1.807, 2.05) is 6.07 Å². The van der Waals surface area contributed by atoms with Gasteiger partial charge in [-0.05, 0) is 49.7 Å². The molecule has 0 bridgehead atoms. The van der Waals surface area contributed by atoms with Gasteiger partial charge < -0.3 is 18.7 Å². The molecule has 3 fully saturated rings. The van der Waals surface area contributed by atoms with Gasteiger partial charge in [-0.3, -0.25) is 4.79 Å². The molecule has 0 spiro atoms. The van der Waals surface area contributed by atoms with Crippen LogP contribution in [-0.2, 0) is 25.5 Å². The van der Waals surface area contributed by atoms with Gasteiger partial charge in [-0.1, -0.05) is 13.8 Å². The maximum absolute atomic E-state index is 12.6. The van der Waals surface area contributed by atoms with Crippen LogP contribution in [0.3, 0.4) is 0 Å². The van der Waals surface area contributed by atoms with Gasteiger partial charge >= 0.3 is 5.97 Å². The molecular weight excluding hydrogens is 332 g/mol. The van der Waals surface area contributed by atoms with Crippen LogP contribution in [-0.4, -0.2) is 30.6 Å². The first-order valence-electron chi connectivity index (χ1n) is 9.71. The predicted molar refractivity (Wildman–Crippen MR) is 94.4 cm³/mol. The summed E-state index contributed by atoms with van der Waals surface area (Å²) in [5.74, 6) is -0.0308. The topological polar surface area (TPSA) is 69.0 Å². The first kappa shape index (κ1) is 17.8. The summed E-state index contributed by atoms with van der Waals surface area (Å²) < 4.78 is 16.9. The van der Waals surface area contributed by atoms with E-state index in [9.17, 15) is 9.59 Å². The molecule has 4 rings (SSSR count). The van der Waals surface area contributed by atoms with E-state index in [1.165, 1.54) is 13.2 Å². The molecule has 0 radical (unpaired) electrons. The highest BCUT2D eigenvalue weighted by Crippen LogP contribution is 2.65. The number of aryl methyl sites for hydroxylation is 1. The first-order valence-corrected chi connectivity index (χ1v) is 9.71. The van der Waals surface area contributed by atoms with Gasteiger partial charge in [0.25, 0.3) is 0 Å². The summed E-state index contributed by atoms with van der Waals surface area (Å²) in [6.45, 7) is 5.77. The minimum absolute atomic E-state index is 0.0100. The van der Waals surface area contributed by atoms with Crippen LogP contribution < -0.4 is 0 Å². The SMILES string of the molecule is CC(=O)O[C@@H]1C[C@@]2(C)[C@@H]3O[C@@H]3CC[C@@H]2[C@@](C=O)(CCc2ccoc2)[C@@H]1C. The highest BCUT2D eigenvalue weighted by molar-refractivity contribution is 5.67. The molecule has 2 saturated carbocycles. The maximum atomic E-state index is 12.6. The van der Waals surface area contributed by atoms with E-state index in [4.69, 9.17) is 13.9 Å². The van der Waals surface area contributed by atoms with E-state index in [0.29, 0.717) is 6.10 Å². The van der Waals surface area contributed by atoms with E-state index >= 15 is 0 Å². The molecule has 2 heterocycles. The van der Waals surface area contributed by atoms with Gasteiger partial charge in [0.15, 0.2) is 0 Å². The Kier molecular flexibility index (Phi) is 4.25. The summed E-state index contributed by atoms with van der Waals surface area (Å²) in [5.41, 5.74) is 0.472. The van der Waals surface area contributed by atoms with Crippen molar-refractivity contribution in [2.24, 2.45) is 22.7 Å². The zero-order valence-electron chi connectivity index (χ0n) is 15.8. The largest absolute Gasteiger partial charge is 0.472 e. The van der Waals surface area contributed by atoms with Crippen molar-refractivity contribution in [3.8, 4) is 0 Å². The van der Waals surface area contributed by atoms with Gasteiger partial charge in [0.1, 0.15) is 12.4 Å². The lowest BCUT2D eigenvalue weighted by Gasteiger charge is -2.57. The number of aldehydes is 1. The van der Waals surface area contributed by atoms with Crippen LogP contribution in [0.15, 0.2) is 23.0 Å². The number of rotatable bonds is 5. The van der Waals surface area contributed by atoms with Crippen molar-refractivity contribution < 1.29 is 23.5 Å². The summed E-state index contributed by atoms with van der Waals surface area (Å²) in [6.07, 6.45) is 9.18. The Morgan fingerprint density at radius 3 is 2.88 bits per heavy atom. The standard InChI is InChI=1S/C21H28O5/c1-13-17(25-14(2)23)10-20(3)18(5-4-16-19(20)26-16)21(13,12-22)8-6-15-7-9-24-11-15/h7,9,11-13,16-19H,4-6,8,10H2,1-3H3/t13-,16-,17-,18+,19-,20-,21-/m1/s1. The molecule has 1 aliphatic heterocycles. The van der Waals surface area contributed by atoms with Crippen molar-refractivity contribution in [1.29, 1.82) is 0 Å². The highest BCUT2D eigenvalue weighted by atomic mass is 16.6. The Morgan fingerprint density at radius 1 is 1.42 bits per heavy atom. The summed E-state index contributed by atoms with van der Waals surface area (Å²) in [4.78, 5) is 24.3. The Labute approximate surface area is 154 Å². The third-order valence-corrected chi connectivity index (χ3v) is 7.43. The number of epoxide rings is 1. The zero-order chi connectivity index (χ0) is 18.5. The molecule has 1 saturated heterocycles. The number of hydrogen-bond acceptors (Lipinski definition) is 5. The molecule has 142 valence electrons. The molecule has 5 nitrogen and oxygen atoms in total. The second kappa shape index (κ2) is 6.22. The number of carbonyl (C=O) groups is 2. The fourth-order valence-corrected chi connectivity index (χ4v) is 6.02. The molecule has 7 atom stereocenters. The summed E-state index contributed by atoms with van der Waals surface area (Å²) in [7, 11) is 0. The van der Waals surface area contributed by atoms with E-state index < -0.39 is 5.41 Å². The number of furan rings is 1. The van der Waals surface area contributed by atoms with Crippen LogP contribution in [0, 0.1) is 22.7 Å². The van der Waals surface area contributed by atoms with Crippen molar-refractivity contribution in [2.75, 3.05) is 0 Å². The van der Waals surface area contributed by atoms with E-state index in [-0.39, 0.29) is 35.4 Å². The van der Waals surface area contributed by atoms with Crippen molar-refractivity contribution in [3.05, 3.63) is 24.2 Å². The first-order chi connectivity index (χ1) is 12.4. The van der Waals surface area contributed by atoms with Crippen LogP contribution in [0.2, 0.25) is 0 Å². The van der Waals surface area contributed by atoms with Crippen molar-refractivity contribution in [1.82, 2.24) is 0 Å². The molecule has 26 heavy (non-hydrogen) atoms. The van der Waals surface area contributed by atoms with Crippen LogP contribution in [0.5, 0.6) is 0 Å². The Hall–Kier alpha value is -1.62. The second-order valence-electron chi connectivity index (χ2n) is 8.73. The molecule has 0 amide bonds. The molecule has 1 aromatic rings. The molecule has 0 unspecified atom stereocenters. The smallest absolute Gasteiger partial charge is 0.302 e. The second-order valence-corrected chi connectivity index (χ2v) is 8.73. The monoisotopic (exact) mass is 360 g/mol. The normalized spacial score (nSPS) is 43.9. The molecule has 3 aliphatic rings. The van der Waals surface area contributed by atoms with Crippen LogP contribution in [0.1, 0.15) is 52.0 Å². The maximum Gasteiger partial charge on any atom is 0.302 e. The minimum atomic E-state index is -0.513. The highest BCUT2D eigenvalue weighted by Gasteiger charge is 2.68. The van der Waals surface area contributed by atoms with E-state index in [0.717, 1.165) is 37.7 Å². The number of fused-ring (bicyclic) bond motifs is 3. The molecule has 2 aliphatic carbocycles. The average Bonchev–Trinajstić information content (AvgIpc) is 3.23. The fraction of sp³-hybridized carbons (Fsp3) is 0.714. The summed E-state index contributed by atoms with van der Waals surface area (Å²) in [5, 5.41) is 0. The Bertz CT molecular complexity index is 683. The predicted octanol–water partition coefficient (Wildman–Crippen LogP) is 3.55. The summed E-state index contributed by atoms with van der Waals surface area (Å²) >= 11 is 0. The zero-order valence-corrected chi connectivity index (χ0v) is 15.8. The lowest BCUT2D eigenvalue weighted by molar-refractivity contribution is -0.180. The minimum Gasteiger partial charge on any atom is -0.472 e. The quantitative estimate of drug-likeness (QED) is 0.456. The Balaban J connectivity index is 1.69. The van der Waals surface area contributed by atoms with Crippen molar-refractivity contribution >= 4 is 12.3 Å². The van der Waals surface area contributed by atoms with Gasteiger partial charge in [0.2, 0.25) is 0 Å². The van der Waals surface area contributed by atoms with Crippen LogP contribution in [0.4, 0.5) is 0 Å². The van der Waals surface area contributed by atoms with Gasteiger partial charge in [-0.25, -0.2) is 0 Å².